The summed E-state index contributed by atoms with van der Waals surface area (Å²) in [5, 5.41) is 0. The van der Waals surface area contributed by atoms with Gasteiger partial charge in [0.1, 0.15) is 17.8 Å². The number of ether oxygens (including phenoxy) is 4. The summed E-state index contributed by atoms with van der Waals surface area (Å²) in [6, 6.07) is 11.0. The second kappa shape index (κ2) is 11.1. The van der Waals surface area contributed by atoms with Gasteiger partial charge < -0.3 is 18.9 Å². The third kappa shape index (κ3) is 6.41. The number of carbonyl (C=O) groups is 2. The van der Waals surface area contributed by atoms with Gasteiger partial charge in [-0.2, -0.15) is 0 Å². The van der Waals surface area contributed by atoms with Crippen molar-refractivity contribution in [1.82, 2.24) is 0 Å². The van der Waals surface area contributed by atoms with Crippen molar-refractivity contribution in [3.05, 3.63) is 48.0 Å². The van der Waals surface area contributed by atoms with Gasteiger partial charge >= 0.3 is 5.97 Å². The molecule has 0 bridgehead atoms. The van der Waals surface area contributed by atoms with E-state index in [2.05, 4.69) is 19.6 Å². The Morgan fingerprint density at radius 2 is 1.94 bits per heavy atom. The van der Waals surface area contributed by atoms with E-state index < -0.39 is 25.1 Å². The number of hydrogen-bond acceptors (Lipinski definition) is 6. The molecule has 33 heavy (non-hydrogen) atoms. The van der Waals surface area contributed by atoms with Crippen LogP contribution < -0.4 is 0 Å². The van der Waals surface area contributed by atoms with Gasteiger partial charge in [-0.05, 0) is 49.9 Å². The van der Waals surface area contributed by atoms with Crippen molar-refractivity contribution in [3.63, 3.8) is 0 Å². The maximum Gasteiger partial charge on any atom is 0.315 e. The predicted molar refractivity (Wildman–Crippen MR) is 129 cm³/mol. The standard InChI is InChI=1S/C26H38O6Si/c1-5-30-24(28)25-17-22(27)11-13-26(25,32-20-29-15-16-33(2,3)4)14-12-23(18-25)31-19-21-9-7-6-8-10-21/h6-11,13,23H,5,12,14-20H2,1-4H3/t23-,25+,26-/m0/s1. The number of rotatable bonds is 11. The van der Waals surface area contributed by atoms with E-state index in [0.29, 0.717) is 26.1 Å². The first kappa shape index (κ1) is 25.8. The number of fused-ring (bicyclic) bond motifs is 1. The normalized spacial score (nSPS) is 27.3. The van der Waals surface area contributed by atoms with E-state index in [1.807, 2.05) is 30.3 Å². The van der Waals surface area contributed by atoms with Gasteiger partial charge in [-0.15, -0.1) is 0 Å². The van der Waals surface area contributed by atoms with Crippen LogP contribution in [-0.2, 0) is 35.1 Å². The lowest BCUT2D eigenvalue weighted by Gasteiger charge is -2.52. The highest BCUT2D eigenvalue weighted by atomic mass is 28.3. The molecule has 0 aliphatic heterocycles. The van der Waals surface area contributed by atoms with E-state index in [9.17, 15) is 9.59 Å². The number of ketones is 1. The molecule has 1 aromatic rings. The molecule has 3 rings (SSSR count). The Kier molecular flexibility index (Phi) is 8.67. The van der Waals surface area contributed by atoms with Crippen molar-refractivity contribution in [3.8, 4) is 0 Å². The van der Waals surface area contributed by atoms with Crippen molar-refractivity contribution in [2.75, 3.05) is 20.0 Å². The van der Waals surface area contributed by atoms with Crippen LogP contribution in [0.5, 0.6) is 0 Å². The van der Waals surface area contributed by atoms with Gasteiger partial charge in [0.2, 0.25) is 0 Å². The molecule has 1 saturated carbocycles. The number of allylic oxidation sites excluding steroid dienone is 1. The zero-order valence-corrected chi connectivity index (χ0v) is 21.4. The summed E-state index contributed by atoms with van der Waals surface area (Å²) < 4.78 is 23.8. The summed E-state index contributed by atoms with van der Waals surface area (Å²) in [5.74, 6) is -0.483. The minimum atomic E-state index is -1.21. The lowest BCUT2D eigenvalue weighted by Crippen LogP contribution is -2.61. The fraction of sp³-hybridized carbons (Fsp3) is 0.615. The van der Waals surface area contributed by atoms with Crippen molar-refractivity contribution in [2.45, 2.75) is 76.6 Å². The molecule has 0 spiro atoms. The van der Waals surface area contributed by atoms with Crippen molar-refractivity contribution < 1.29 is 28.5 Å². The molecule has 0 heterocycles. The van der Waals surface area contributed by atoms with Crippen LogP contribution in [0.4, 0.5) is 0 Å². The number of benzene rings is 1. The van der Waals surface area contributed by atoms with E-state index in [1.54, 1.807) is 19.1 Å². The largest absolute Gasteiger partial charge is 0.465 e. The molecule has 6 nitrogen and oxygen atoms in total. The molecular formula is C26H38O6Si. The molecule has 2 aliphatic carbocycles. The third-order valence-electron chi connectivity index (χ3n) is 6.63. The predicted octanol–water partition coefficient (Wildman–Crippen LogP) is 4.90. The van der Waals surface area contributed by atoms with Gasteiger partial charge in [0.05, 0.1) is 19.3 Å². The van der Waals surface area contributed by atoms with Crippen LogP contribution in [0.15, 0.2) is 42.5 Å². The molecule has 0 radical (unpaired) electrons. The molecule has 0 saturated heterocycles. The number of hydrogen-bond donors (Lipinski definition) is 0. The molecule has 2 aliphatic rings. The Hall–Kier alpha value is -1.80. The van der Waals surface area contributed by atoms with Gasteiger partial charge in [0, 0.05) is 21.1 Å². The van der Waals surface area contributed by atoms with Crippen molar-refractivity contribution >= 4 is 19.8 Å². The highest BCUT2D eigenvalue weighted by molar-refractivity contribution is 6.76. The molecule has 0 amide bonds. The lowest BCUT2D eigenvalue weighted by molar-refractivity contribution is -0.220. The van der Waals surface area contributed by atoms with E-state index in [4.69, 9.17) is 18.9 Å². The molecule has 1 fully saturated rings. The molecular weight excluding hydrogens is 436 g/mol. The third-order valence-corrected chi connectivity index (χ3v) is 8.33. The summed E-state index contributed by atoms with van der Waals surface area (Å²) in [7, 11) is -1.21. The second-order valence-corrected chi connectivity index (χ2v) is 15.9. The summed E-state index contributed by atoms with van der Waals surface area (Å²) in [6.07, 6.45) is 4.87. The Balaban J connectivity index is 1.76. The van der Waals surface area contributed by atoms with Crippen LogP contribution in [0.25, 0.3) is 0 Å². The van der Waals surface area contributed by atoms with Gasteiger partial charge in [-0.25, -0.2) is 0 Å². The molecule has 0 aromatic heterocycles. The van der Waals surface area contributed by atoms with E-state index >= 15 is 0 Å². The summed E-state index contributed by atoms with van der Waals surface area (Å²) >= 11 is 0. The molecule has 0 N–H and O–H groups in total. The van der Waals surface area contributed by atoms with Crippen molar-refractivity contribution in [2.24, 2.45) is 5.41 Å². The van der Waals surface area contributed by atoms with Crippen LogP contribution in [0.2, 0.25) is 25.7 Å². The van der Waals surface area contributed by atoms with E-state index in [0.717, 1.165) is 18.0 Å². The first-order chi connectivity index (χ1) is 15.7. The van der Waals surface area contributed by atoms with Crippen molar-refractivity contribution in [1.29, 1.82) is 0 Å². The minimum absolute atomic E-state index is 0.0580. The topological polar surface area (TPSA) is 71.1 Å². The first-order valence-electron chi connectivity index (χ1n) is 12.0. The molecule has 7 heteroatoms. The number of carbonyl (C=O) groups excluding carboxylic acids is 2. The Bertz CT molecular complexity index is 833. The first-order valence-corrected chi connectivity index (χ1v) is 15.7. The molecule has 3 atom stereocenters. The Labute approximate surface area is 198 Å². The van der Waals surface area contributed by atoms with Gasteiger partial charge in [0.25, 0.3) is 0 Å². The SMILES string of the molecule is CCOC(=O)[C@]12CC(=O)C=C[C@]1(OCOCC[Si](C)(C)C)CC[C@H](OCc1ccccc1)C2. The average Bonchev–Trinajstić information content (AvgIpc) is 2.77. The molecule has 0 unspecified atom stereocenters. The Morgan fingerprint density at radius 3 is 2.64 bits per heavy atom. The highest BCUT2D eigenvalue weighted by Crippen LogP contribution is 2.53. The fourth-order valence-electron chi connectivity index (χ4n) is 4.70. The maximum atomic E-state index is 13.4. The Morgan fingerprint density at radius 1 is 1.18 bits per heavy atom. The van der Waals surface area contributed by atoms with Gasteiger partial charge in [-0.3, -0.25) is 9.59 Å². The maximum absolute atomic E-state index is 13.4. The molecule has 182 valence electrons. The average molecular weight is 475 g/mol. The fourth-order valence-corrected chi connectivity index (χ4v) is 5.45. The van der Waals surface area contributed by atoms with Crippen LogP contribution in [-0.4, -0.2) is 51.5 Å². The lowest BCUT2D eigenvalue weighted by atomic mass is 9.57. The van der Waals surface area contributed by atoms with Crippen LogP contribution in [0.3, 0.4) is 0 Å². The zero-order valence-electron chi connectivity index (χ0n) is 20.4. The number of esters is 1. The quantitative estimate of drug-likeness (QED) is 0.197. The molecule has 1 aromatic carbocycles. The van der Waals surface area contributed by atoms with Crippen LogP contribution in [0.1, 0.15) is 38.2 Å². The second-order valence-electron chi connectivity index (χ2n) is 10.3. The smallest absolute Gasteiger partial charge is 0.315 e. The van der Waals surface area contributed by atoms with Crippen LogP contribution >= 0.6 is 0 Å². The summed E-state index contributed by atoms with van der Waals surface area (Å²) in [6.45, 7) is 10.1. The highest BCUT2D eigenvalue weighted by Gasteiger charge is 2.62. The van der Waals surface area contributed by atoms with Gasteiger partial charge in [-0.1, -0.05) is 50.0 Å². The zero-order chi connectivity index (χ0) is 24.0. The summed E-state index contributed by atoms with van der Waals surface area (Å²) in [5.41, 5.74) is -0.971. The van der Waals surface area contributed by atoms with Crippen LogP contribution in [0, 0.1) is 5.41 Å². The minimum Gasteiger partial charge on any atom is -0.465 e. The summed E-state index contributed by atoms with van der Waals surface area (Å²) in [4.78, 5) is 25.9. The van der Waals surface area contributed by atoms with E-state index in [1.165, 1.54) is 0 Å². The van der Waals surface area contributed by atoms with Gasteiger partial charge in [0.15, 0.2) is 5.78 Å². The van der Waals surface area contributed by atoms with E-state index in [-0.39, 0.29) is 31.7 Å². The monoisotopic (exact) mass is 474 g/mol.